The predicted octanol–water partition coefficient (Wildman–Crippen LogP) is 0.515. The largest absolute Gasteiger partial charge is 0.317 e. The number of hydrogen-bond acceptors (Lipinski definition) is 3. The number of nitrogens with zero attached hydrogens (tertiary/aromatic N) is 1. The van der Waals surface area contributed by atoms with E-state index >= 15 is 0 Å². The zero-order chi connectivity index (χ0) is 6.69. The van der Waals surface area contributed by atoms with E-state index in [2.05, 4.69) is 11.5 Å². The van der Waals surface area contributed by atoms with E-state index in [-0.39, 0.29) is 0 Å². The van der Waals surface area contributed by atoms with Gasteiger partial charge in [0.1, 0.15) is 0 Å². The molecule has 3 heteroatoms. The molecule has 9 heavy (non-hydrogen) atoms. The maximum absolute atomic E-state index is 8.23. The summed E-state index contributed by atoms with van der Waals surface area (Å²) >= 11 is 0. The first-order valence-corrected chi connectivity index (χ1v) is 3.12. The van der Waals surface area contributed by atoms with Crippen molar-refractivity contribution >= 4 is 0 Å². The van der Waals surface area contributed by atoms with Gasteiger partial charge in [-0.3, -0.25) is 0 Å². The molecule has 1 rings (SSSR count). The van der Waals surface area contributed by atoms with Crippen LogP contribution in [0.3, 0.4) is 0 Å². The van der Waals surface area contributed by atoms with Crippen molar-refractivity contribution in [3.05, 3.63) is 0 Å². The summed E-state index contributed by atoms with van der Waals surface area (Å²) < 4.78 is 0. The summed E-state index contributed by atoms with van der Waals surface area (Å²) in [5.74, 6) is 1.10. The molecule has 0 saturated heterocycles. The minimum Gasteiger partial charge on any atom is -0.317 e. The summed E-state index contributed by atoms with van der Waals surface area (Å²) in [5.41, 5.74) is 2.11. The van der Waals surface area contributed by atoms with Crippen LogP contribution in [0.5, 0.6) is 0 Å². The van der Waals surface area contributed by atoms with Gasteiger partial charge in [-0.15, -0.1) is 0 Å². The summed E-state index contributed by atoms with van der Waals surface area (Å²) in [5, 5.41) is 16.5. The maximum Gasteiger partial charge on any atom is 0.0624 e. The van der Waals surface area contributed by atoms with Crippen molar-refractivity contribution in [2.24, 2.45) is 11.8 Å². The Balaban J connectivity index is 2.04. The molecule has 0 aliphatic heterocycles. The molecule has 0 aromatic heterocycles. The predicted molar refractivity (Wildman–Crippen MR) is 31.6 cm³/mol. The summed E-state index contributed by atoms with van der Waals surface area (Å²) in [6.07, 6.45) is 1.74. The van der Waals surface area contributed by atoms with Crippen LogP contribution in [-0.4, -0.2) is 11.8 Å². The lowest BCUT2D eigenvalue weighted by molar-refractivity contribution is 0.160. The van der Waals surface area contributed by atoms with Gasteiger partial charge in [-0.25, -0.2) is 5.48 Å². The van der Waals surface area contributed by atoms with E-state index in [9.17, 15) is 0 Å². The van der Waals surface area contributed by atoms with Crippen LogP contribution in [0.2, 0.25) is 0 Å². The highest BCUT2D eigenvalue weighted by Crippen LogP contribution is 2.39. The van der Waals surface area contributed by atoms with E-state index in [0.717, 1.165) is 6.42 Å². The highest BCUT2D eigenvalue weighted by molar-refractivity contribution is 4.92. The Hall–Kier alpha value is -0.590. The van der Waals surface area contributed by atoms with E-state index in [1.54, 1.807) is 0 Å². The third kappa shape index (κ3) is 1.67. The lowest BCUT2D eigenvalue weighted by Crippen LogP contribution is -2.11. The van der Waals surface area contributed by atoms with Gasteiger partial charge in [-0.2, -0.15) is 5.26 Å². The van der Waals surface area contributed by atoms with Gasteiger partial charge in [-0.05, 0) is 18.3 Å². The highest BCUT2D eigenvalue weighted by Gasteiger charge is 2.35. The monoisotopic (exact) mass is 126 g/mol. The first-order valence-electron chi connectivity index (χ1n) is 3.12. The molecule has 3 nitrogen and oxygen atoms in total. The molecule has 50 valence electrons. The topological polar surface area (TPSA) is 56.0 Å². The van der Waals surface area contributed by atoms with E-state index in [1.165, 1.54) is 0 Å². The third-order valence-electron chi connectivity index (χ3n) is 1.78. The summed E-state index contributed by atoms with van der Waals surface area (Å²) in [6, 6.07) is 2.11. The smallest absolute Gasteiger partial charge is 0.0624 e. The fourth-order valence-corrected chi connectivity index (χ4v) is 1.04. The van der Waals surface area contributed by atoms with E-state index < -0.39 is 0 Å². The van der Waals surface area contributed by atoms with Crippen LogP contribution in [0.1, 0.15) is 12.8 Å². The molecule has 0 radical (unpaired) electrons. The molecule has 1 fully saturated rings. The molecule has 1 saturated carbocycles. The van der Waals surface area contributed by atoms with Crippen LogP contribution in [0.15, 0.2) is 0 Å². The Morgan fingerprint density at radius 3 is 3.00 bits per heavy atom. The van der Waals surface area contributed by atoms with Gasteiger partial charge >= 0.3 is 0 Å². The average molecular weight is 126 g/mol. The number of rotatable bonds is 3. The molecule has 0 heterocycles. The number of nitrogens with one attached hydrogen (secondary N) is 1. The SMILES string of the molecule is N#CC[C@@H]1C[C@H]1CNO. The number of hydrogen-bond donors (Lipinski definition) is 2. The lowest BCUT2D eigenvalue weighted by Gasteiger charge is -1.91. The Labute approximate surface area is 54.2 Å². The fraction of sp³-hybridized carbons (Fsp3) is 0.833. The summed E-state index contributed by atoms with van der Waals surface area (Å²) in [6.45, 7) is 0.645. The van der Waals surface area contributed by atoms with Crippen molar-refractivity contribution < 1.29 is 5.21 Å². The molecule has 1 aliphatic carbocycles. The molecular formula is C6H10N2O. The average Bonchev–Trinajstić information content (AvgIpc) is 2.50. The van der Waals surface area contributed by atoms with Gasteiger partial charge < -0.3 is 5.21 Å². The first kappa shape index (κ1) is 6.53. The number of hydroxylamine groups is 1. The van der Waals surface area contributed by atoms with E-state index in [0.29, 0.717) is 24.8 Å². The van der Waals surface area contributed by atoms with Crippen LogP contribution in [-0.2, 0) is 0 Å². The molecule has 0 bridgehead atoms. The standard InChI is InChI=1S/C6H10N2O/c7-2-1-5-3-6(5)4-8-9/h5-6,8-9H,1,3-4H2/t5-,6+/m1/s1. The lowest BCUT2D eigenvalue weighted by atomic mass is 10.2. The Morgan fingerprint density at radius 1 is 1.67 bits per heavy atom. The van der Waals surface area contributed by atoms with Gasteiger partial charge in [0.25, 0.3) is 0 Å². The summed E-state index contributed by atoms with van der Waals surface area (Å²) in [7, 11) is 0. The molecular weight excluding hydrogens is 116 g/mol. The van der Waals surface area contributed by atoms with E-state index in [4.69, 9.17) is 10.5 Å². The van der Waals surface area contributed by atoms with Gasteiger partial charge in [0.2, 0.25) is 0 Å². The van der Waals surface area contributed by atoms with Crippen molar-refractivity contribution in [1.82, 2.24) is 5.48 Å². The van der Waals surface area contributed by atoms with Crippen molar-refractivity contribution in [1.29, 1.82) is 5.26 Å². The van der Waals surface area contributed by atoms with Gasteiger partial charge in [-0.1, -0.05) is 0 Å². The maximum atomic E-state index is 8.23. The van der Waals surface area contributed by atoms with Crippen LogP contribution < -0.4 is 5.48 Å². The van der Waals surface area contributed by atoms with Gasteiger partial charge in [0.15, 0.2) is 0 Å². The van der Waals surface area contributed by atoms with Crippen molar-refractivity contribution in [2.45, 2.75) is 12.8 Å². The van der Waals surface area contributed by atoms with E-state index in [1.807, 2.05) is 0 Å². The zero-order valence-corrected chi connectivity index (χ0v) is 5.17. The Kier molecular flexibility index (Phi) is 2.04. The molecule has 0 aromatic carbocycles. The molecule has 1 aliphatic rings. The van der Waals surface area contributed by atoms with Crippen LogP contribution in [0.4, 0.5) is 0 Å². The summed E-state index contributed by atoms with van der Waals surface area (Å²) in [4.78, 5) is 0. The highest BCUT2D eigenvalue weighted by atomic mass is 16.5. The second-order valence-corrected chi connectivity index (χ2v) is 2.48. The molecule has 0 spiro atoms. The molecule has 2 atom stereocenters. The first-order chi connectivity index (χ1) is 4.38. The molecule has 0 amide bonds. The third-order valence-corrected chi connectivity index (χ3v) is 1.78. The molecule has 0 aromatic rings. The Bertz CT molecular complexity index is 130. The minimum atomic E-state index is 0.551. The van der Waals surface area contributed by atoms with Crippen LogP contribution in [0.25, 0.3) is 0 Å². The number of nitriles is 1. The zero-order valence-electron chi connectivity index (χ0n) is 5.17. The van der Waals surface area contributed by atoms with Crippen molar-refractivity contribution in [3.63, 3.8) is 0 Å². The molecule has 0 unspecified atom stereocenters. The second kappa shape index (κ2) is 2.81. The second-order valence-electron chi connectivity index (χ2n) is 2.48. The van der Waals surface area contributed by atoms with Crippen molar-refractivity contribution in [3.8, 4) is 6.07 Å². The molecule has 2 N–H and O–H groups in total. The van der Waals surface area contributed by atoms with Gasteiger partial charge in [0.05, 0.1) is 6.07 Å². The Morgan fingerprint density at radius 2 is 2.44 bits per heavy atom. The van der Waals surface area contributed by atoms with Gasteiger partial charge in [0, 0.05) is 13.0 Å². The van der Waals surface area contributed by atoms with Crippen LogP contribution in [0, 0.1) is 23.2 Å². The quantitative estimate of drug-likeness (QED) is 0.542. The minimum absolute atomic E-state index is 0.551. The fourth-order valence-electron chi connectivity index (χ4n) is 1.04. The van der Waals surface area contributed by atoms with Crippen LogP contribution >= 0.6 is 0 Å². The normalized spacial score (nSPS) is 31.6. The van der Waals surface area contributed by atoms with Crippen molar-refractivity contribution in [2.75, 3.05) is 6.54 Å².